The van der Waals surface area contributed by atoms with Crippen molar-refractivity contribution >= 4 is 35.4 Å². The Labute approximate surface area is 238 Å². The number of rotatable bonds is 6. The molecular weight excluding hydrogens is 539 g/mol. The van der Waals surface area contributed by atoms with E-state index in [1.807, 2.05) is 0 Å². The first-order chi connectivity index (χ1) is 18.9. The quantitative estimate of drug-likeness (QED) is 0.333. The minimum Gasteiger partial charge on any atom is -0.487 e. The van der Waals surface area contributed by atoms with Crippen LogP contribution in [-0.2, 0) is 17.7 Å². The van der Waals surface area contributed by atoms with E-state index in [4.69, 9.17) is 26.8 Å². The van der Waals surface area contributed by atoms with Gasteiger partial charge in [0, 0.05) is 36.6 Å². The first kappa shape index (κ1) is 29.6. The van der Waals surface area contributed by atoms with Gasteiger partial charge in [-0.1, -0.05) is 24.3 Å². The highest BCUT2D eigenvalue weighted by Gasteiger charge is 2.45. The summed E-state index contributed by atoms with van der Waals surface area (Å²) in [6, 6.07) is 2.15. The highest BCUT2D eigenvalue weighted by molar-refractivity contribution is 6.33. The Morgan fingerprint density at radius 2 is 2.00 bits per heavy atom. The van der Waals surface area contributed by atoms with Crippen molar-refractivity contribution in [3.05, 3.63) is 64.6 Å². The van der Waals surface area contributed by atoms with Crippen molar-refractivity contribution in [1.29, 1.82) is 0 Å². The second kappa shape index (κ2) is 11.6. The predicted molar refractivity (Wildman–Crippen MR) is 152 cm³/mol. The number of halogens is 2. The van der Waals surface area contributed by atoms with Gasteiger partial charge in [-0.15, -0.1) is 0 Å². The molecule has 0 unspecified atom stereocenters. The van der Waals surface area contributed by atoms with Crippen molar-refractivity contribution in [3.8, 4) is 5.75 Å². The molecule has 2 heterocycles. The molecule has 1 saturated carbocycles. The summed E-state index contributed by atoms with van der Waals surface area (Å²) in [4.78, 5) is 18.7. The van der Waals surface area contributed by atoms with Gasteiger partial charge < -0.3 is 34.9 Å². The number of allylic oxidation sites excluding steroid dienone is 2. The van der Waals surface area contributed by atoms with Crippen molar-refractivity contribution in [1.82, 2.24) is 9.47 Å². The Bertz CT molecular complexity index is 1350. The van der Waals surface area contributed by atoms with E-state index in [1.54, 1.807) is 50.7 Å². The highest BCUT2D eigenvalue weighted by Crippen LogP contribution is 2.42. The van der Waals surface area contributed by atoms with Crippen molar-refractivity contribution < 1.29 is 28.9 Å². The third-order valence-corrected chi connectivity index (χ3v) is 7.28. The molecule has 0 spiro atoms. The summed E-state index contributed by atoms with van der Waals surface area (Å²) >= 11 is 6.52. The lowest BCUT2D eigenvalue weighted by atomic mass is 9.98. The highest BCUT2D eigenvalue weighted by atomic mass is 35.5. The summed E-state index contributed by atoms with van der Waals surface area (Å²) in [5.74, 6) is 0.364. The number of amides is 1. The summed E-state index contributed by atoms with van der Waals surface area (Å²) in [5.41, 5.74) is 7.32. The minimum atomic E-state index is -1.26. The number of aliphatic hydroxyl groups is 2. The molecule has 4 atom stereocenters. The lowest BCUT2D eigenvalue weighted by Gasteiger charge is -2.32. The third kappa shape index (κ3) is 5.89. The van der Waals surface area contributed by atoms with Gasteiger partial charge in [0.05, 0.1) is 23.2 Å². The Kier molecular flexibility index (Phi) is 8.63. The minimum absolute atomic E-state index is 0.0903. The molecule has 40 heavy (non-hydrogen) atoms. The molecular formula is C29H36ClFN4O5. The van der Waals surface area contributed by atoms with Gasteiger partial charge in [-0.3, -0.25) is 0 Å². The van der Waals surface area contributed by atoms with Crippen molar-refractivity contribution in [2.75, 3.05) is 6.54 Å². The standard InChI is InChI=1S/C29H36ClFN4O5/c1-6-8-20(32)24-18(30)15-35(27(24)33-7-2)21-13-23(26(37)25(21)36)39-22-10-9-19(31)16-11-12-34(14-17(16)22)28(38)40-29(3,4)5/h6-10,15,21,23,25-26,36-37H,1,11-14,32H2,2-5H3/b20-8-,33-7?/t21-,23+,25+,26-/m1/s1. The molecule has 11 heteroatoms. The number of aliphatic imine (C=N–C) groups is 1. The van der Waals surface area contributed by atoms with E-state index >= 15 is 0 Å². The normalized spacial score (nSPS) is 23.4. The molecule has 1 amide bonds. The molecule has 2 aliphatic rings. The predicted octanol–water partition coefficient (Wildman–Crippen LogP) is 4.90. The van der Waals surface area contributed by atoms with Gasteiger partial charge in [0.15, 0.2) is 0 Å². The van der Waals surface area contributed by atoms with Crippen LogP contribution < -0.4 is 10.5 Å². The first-order valence-electron chi connectivity index (χ1n) is 13.1. The zero-order valence-corrected chi connectivity index (χ0v) is 23.9. The van der Waals surface area contributed by atoms with Gasteiger partial charge in [0.1, 0.15) is 41.3 Å². The Hall–Kier alpha value is -3.34. The second-order valence-electron chi connectivity index (χ2n) is 10.9. The second-order valence-corrected chi connectivity index (χ2v) is 11.3. The lowest BCUT2D eigenvalue weighted by Crippen LogP contribution is -2.40. The van der Waals surface area contributed by atoms with E-state index in [-0.39, 0.29) is 13.0 Å². The Balaban J connectivity index is 1.62. The molecule has 0 saturated heterocycles. The lowest BCUT2D eigenvalue weighted by molar-refractivity contribution is -0.0171. The van der Waals surface area contributed by atoms with Crippen LogP contribution in [0.2, 0.25) is 5.02 Å². The number of aliphatic hydroxyl groups excluding tert-OH is 2. The molecule has 0 radical (unpaired) electrons. The molecule has 0 bridgehead atoms. The van der Waals surface area contributed by atoms with E-state index in [0.29, 0.717) is 51.9 Å². The van der Waals surface area contributed by atoms with Crippen LogP contribution >= 0.6 is 11.6 Å². The molecule has 1 aromatic carbocycles. The number of benzene rings is 1. The van der Waals surface area contributed by atoms with E-state index in [9.17, 15) is 19.4 Å². The van der Waals surface area contributed by atoms with Crippen molar-refractivity contribution in [2.24, 2.45) is 10.7 Å². The van der Waals surface area contributed by atoms with E-state index in [1.165, 1.54) is 23.1 Å². The fraction of sp³-hybridized carbons (Fsp3) is 0.448. The average molecular weight is 575 g/mol. The topological polar surface area (TPSA) is 123 Å². The van der Waals surface area contributed by atoms with Gasteiger partial charge in [-0.25, -0.2) is 14.2 Å². The number of hydrogen-bond donors (Lipinski definition) is 3. The van der Waals surface area contributed by atoms with Gasteiger partial charge >= 0.3 is 6.09 Å². The maximum Gasteiger partial charge on any atom is 0.410 e. The third-order valence-electron chi connectivity index (χ3n) is 6.99. The number of ether oxygens (including phenoxy) is 2. The van der Waals surface area contributed by atoms with Crippen LogP contribution in [0.4, 0.5) is 15.0 Å². The molecule has 4 N–H and O–H groups in total. The van der Waals surface area contributed by atoms with Gasteiger partial charge in [0.2, 0.25) is 0 Å². The van der Waals surface area contributed by atoms with E-state index in [2.05, 4.69) is 11.6 Å². The molecule has 1 aromatic heterocycles. The zero-order valence-electron chi connectivity index (χ0n) is 23.1. The first-order valence-corrected chi connectivity index (χ1v) is 13.5. The smallest absolute Gasteiger partial charge is 0.410 e. The summed E-state index contributed by atoms with van der Waals surface area (Å²) in [7, 11) is 0. The average Bonchev–Trinajstić information content (AvgIpc) is 3.35. The number of carbonyl (C=O) groups excluding carboxylic acids is 1. The number of carbonyl (C=O) groups is 1. The van der Waals surface area contributed by atoms with E-state index in [0.717, 1.165) is 0 Å². The number of aromatic nitrogens is 1. The van der Waals surface area contributed by atoms with Crippen molar-refractivity contribution in [3.63, 3.8) is 0 Å². The monoisotopic (exact) mass is 574 g/mol. The van der Waals surface area contributed by atoms with Crippen LogP contribution in [0, 0.1) is 5.82 Å². The maximum atomic E-state index is 14.7. The number of nitrogens with zero attached hydrogens (tertiary/aromatic N) is 3. The molecule has 9 nitrogen and oxygen atoms in total. The largest absolute Gasteiger partial charge is 0.487 e. The van der Waals surface area contributed by atoms with Crippen LogP contribution in [0.1, 0.15) is 56.8 Å². The number of fused-ring (bicyclic) bond motifs is 1. The molecule has 1 aliphatic heterocycles. The van der Waals surface area contributed by atoms with Crippen molar-refractivity contribution in [2.45, 2.75) is 77.0 Å². The molecule has 1 aliphatic carbocycles. The summed E-state index contributed by atoms with van der Waals surface area (Å²) in [6.07, 6.45) is 3.01. The molecule has 216 valence electrons. The SMILES string of the molecule is C=C/C=C(\N)c1c(Cl)cn([C@@H]2C[C@H](Oc3ccc(F)c4c3CN(C(=O)OC(C)(C)C)CC4)[C@@H](O)[C@H]2O)c1N=CC. The van der Waals surface area contributed by atoms with Gasteiger partial charge in [-0.2, -0.15) is 0 Å². The molecule has 1 fully saturated rings. The number of hydrogen-bond acceptors (Lipinski definition) is 7. The summed E-state index contributed by atoms with van der Waals surface area (Å²) in [6.45, 7) is 11.1. The number of nitrogens with two attached hydrogens (primary N) is 1. The Morgan fingerprint density at radius 3 is 2.65 bits per heavy atom. The zero-order chi connectivity index (χ0) is 29.4. The van der Waals surface area contributed by atoms with Gasteiger partial charge in [0.25, 0.3) is 0 Å². The van der Waals surface area contributed by atoms with Crippen LogP contribution in [0.5, 0.6) is 5.75 Å². The van der Waals surface area contributed by atoms with Gasteiger partial charge in [-0.05, 0) is 57.9 Å². The van der Waals surface area contributed by atoms with Crippen LogP contribution in [0.3, 0.4) is 0 Å². The van der Waals surface area contributed by atoms with Crippen LogP contribution in [0.25, 0.3) is 5.70 Å². The summed E-state index contributed by atoms with van der Waals surface area (Å²) in [5, 5.41) is 22.4. The summed E-state index contributed by atoms with van der Waals surface area (Å²) < 4.78 is 28.1. The fourth-order valence-electron chi connectivity index (χ4n) is 5.19. The molecule has 4 rings (SSSR count). The Morgan fingerprint density at radius 1 is 1.27 bits per heavy atom. The van der Waals surface area contributed by atoms with E-state index < -0.39 is 41.9 Å². The van der Waals surface area contributed by atoms with Crippen LogP contribution in [-0.4, -0.2) is 62.4 Å². The molecule has 2 aromatic rings. The maximum absolute atomic E-state index is 14.7. The van der Waals surface area contributed by atoms with Crippen LogP contribution in [0.15, 0.2) is 42.1 Å². The fourth-order valence-corrected chi connectivity index (χ4v) is 5.49.